The molecule has 0 amide bonds. The summed E-state index contributed by atoms with van der Waals surface area (Å²) in [6.45, 7) is 0.449. The van der Waals surface area contributed by atoms with Crippen LogP contribution < -0.4 is 20.2 Å². The van der Waals surface area contributed by atoms with Gasteiger partial charge in [0.1, 0.15) is 6.61 Å². The highest BCUT2D eigenvalue weighted by atomic mass is 32.1. The average Bonchev–Trinajstić information content (AvgIpc) is 2.60. The maximum Gasteiger partial charge on any atom is 0.186 e. The number of thiocarbonyl (C=S) groups is 1. The molecule has 2 aromatic carbocycles. The standard InChI is InChI=1S/C17H19N3O2S/c1-18-17(23)20-19-11-14-9-6-10-15(21-2)16(14)22-12-13-7-4-3-5-8-13/h3-11H,12H2,1-2H3,(H2,18,20,23)/b19-11+. The number of para-hydroxylation sites is 1. The lowest BCUT2D eigenvalue weighted by molar-refractivity contribution is 0.284. The second-order valence-electron chi connectivity index (χ2n) is 4.60. The maximum atomic E-state index is 5.94. The summed E-state index contributed by atoms with van der Waals surface area (Å²) in [5, 5.41) is 7.32. The summed E-state index contributed by atoms with van der Waals surface area (Å²) in [6, 6.07) is 15.6. The van der Waals surface area contributed by atoms with Gasteiger partial charge in [-0.1, -0.05) is 36.4 Å². The fraction of sp³-hybridized carbons (Fsp3) is 0.176. The monoisotopic (exact) mass is 329 g/mol. The van der Waals surface area contributed by atoms with Gasteiger partial charge in [0.05, 0.1) is 13.3 Å². The molecule has 23 heavy (non-hydrogen) atoms. The van der Waals surface area contributed by atoms with Gasteiger partial charge >= 0.3 is 0 Å². The summed E-state index contributed by atoms with van der Waals surface area (Å²) in [6.07, 6.45) is 1.65. The van der Waals surface area contributed by atoms with Gasteiger partial charge in [0.15, 0.2) is 16.6 Å². The first-order valence-electron chi connectivity index (χ1n) is 7.09. The molecule has 0 radical (unpaired) electrons. The van der Waals surface area contributed by atoms with Gasteiger partial charge in [-0.25, -0.2) is 0 Å². The molecule has 0 heterocycles. The molecule has 5 nitrogen and oxygen atoms in total. The fourth-order valence-corrected chi connectivity index (χ4v) is 1.95. The fourth-order valence-electron chi connectivity index (χ4n) is 1.90. The average molecular weight is 329 g/mol. The van der Waals surface area contributed by atoms with Crippen molar-refractivity contribution in [2.75, 3.05) is 14.2 Å². The van der Waals surface area contributed by atoms with Crippen molar-refractivity contribution in [2.24, 2.45) is 5.10 Å². The van der Waals surface area contributed by atoms with Gasteiger partial charge in [-0.15, -0.1) is 0 Å². The minimum absolute atomic E-state index is 0.441. The molecule has 0 unspecified atom stereocenters. The minimum atomic E-state index is 0.441. The largest absolute Gasteiger partial charge is 0.493 e. The summed E-state index contributed by atoms with van der Waals surface area (Å²) in [4.78, 5) is 0. The number of hydrazone groups is 1. The molecule has 0 atom stereocenters. The summed E-state index contributed by atoms with van der Waals surface area (Å²) in [5.74, 6) is 1.29. The number of methoxy groups -OCH3 is 1. The van der Waals surface area contributed by atoms with Gasteiger partial charge < -0.3 is 14.8 Å². The van der Waals surface area contributed by atoms with Crippen molar-refractivity contribution in [2.45, 2.75) is 6.61 Å². The second-order valence-corrected chi connectivity index (χ2v) is 5.01. The molecule has 0 saturated heterocycles. The van der Waals surface area contributed by atoms with Gasteiger partial charge in [0.25, 0.3) is 0 Å². The van der Waals surface area contributed by atoms with E-state index in [2.05, 4.69) is 15.8 Å². The van der Waals surface area contributed by atoms with Crippen LogP contribution in [0.15, 0.2) is 53.6 Å². The zero-order valence-corrected chi connectivity index (χ0v) is 13.9. The third-order valence-corrected chi connectivity index (χ3v) is 3.35. The minimum Gasteiger partial charge on any atom is -0.493 e. The second kappa shape index (κ2) is 8.75. The van der Waals surface area contributed by atoms with Crippen LogP contribution in [0, 0.1) is 0 Å². The van der Waals surface area contributed by atoms with Crippen LogP contribution in [0.5, 0.6) is 11.5 Å². The molecule has 6 heteroatoms. The van der Waals surface area contributed by atoms with Crippen molar-refractivity contribution in [3.8, 4) is 11.5 Å². The topological polar surface area (TPSA) is 54.9 Å². The smallest absolute Gasteiger partial charge is 0.186 e. The predicted octanol–water partition coefficient (Wildman–Crippen LogP) is 2.70. The highest BCUT2D eigenvalue weighted by Crippen LogP contribution is 2.30. The van der Waals surface area contributed by atoms with E-state index in [1.165, 1.54) is 0 Å². The molecule has 2 aromatic rings. The molecular formula is C17H19N3O2S. The molecule has 0 aromatic heterocycles. The number of nitrogens with zero attached hydrogens (tertiary/aromatic N) is 1. The number of ether oxygens (including phenoxy) is 2. The molecule has 0 aliphatic heterocycles. The molecular weight excluding hydrogens is 310 g/mol. The lowest BCUT2D eigenvalue weighted by Crippen LogP contribution is -2.28. The Morgan fingerprint density at radius 1 is 1.17 bits per heavy atom. The lowest BCUT2D eigenvalue weighted by Gasteiger charge is -2.13. The van der Waals surface area contributed by atoms with E-state index in [1.54, 1.807) is 20.4 Å². The normalized spacial score (nSPS) is 10.3. The van der Waals surface area contributed by atoms with E-state index >= 15 is 0 Å². The molecule has 0 aliphatic carbocycles. The molecule has 0 fully saturated rings. The van der Waals surface area contributed by atoms with Crippen molar-refractivity contribution < 1.29 is 9.47 Å². The zero-order valence-electron chi connectivity index (χ0n) is 13.1. The van der Waals surface area contributed by atoms with E-state index < -0.39 is 0 Å². The molecule has 2 rings (SSSR count). The Balaban J connectivity index is 2.16. The van der Waals surface area contributed by atoms with Gasteiger partial charge in [-0.05, 0) is 29.9 Å². The summed E-state index contributed by atoms with van der Waals surface area (Å²) >= 11 is 4.98. The SMILES string of the molecule is CNC(=S)N/N=C/c1cccc(OC)c1OCc1ccccc1. The molecule has 120 valence electrons. The van der Waals surface area contributed by atoms with Crippen LogP contribution in [0.2, 0.25) is 0 Å². The molecule has 0 spiro atoms. The molecule has 0 aliphatic rings. The Kier molecular flexibility index (Phi) is 6.38. The van der Waals surface area contributed by atoms with Crippen LogP contribution in [-0.2, 0) is 6.61 Å². The van der Waals surface area contributed by atoms with Crippen LogP contribution in [-0.4, -0.2) is 25.5 Å². The number of hydrogen-bond donors (Lipinski definition) is 2. The van der Waals surface area contributed by atoms with Crippen LogP contribution in [0.1, 0.15) is 11.1 Å². The van der Waals surface area contributed by atoms with E-state index in [0.29, 0.717) is 23.2 Å². The zero-order chi connectivity index (χ0) is 16.5. The molecule has 2 N–H and O–H groups in total. The number of rotatable bonds is 6. The van der Waals surface area contributed by atoms with E-state index in [1.807, 2.05) is 48.5 Å². The van der Waals surface area contributed by atoms with E-state index in [9.17, 15) is 0 Å². The summed E-state index contributed by atoms with van der Waals surface area (Å²) in [7, 11) is 3.34. The highest BCUT2D eigenvalue weighted by molar-refractivity contribution is 7.80. The Bertz CT molecular complexity index is 675. The van der Waals surface area contributed by atoms with Crippen molar-refractivity contribution in [3.05, 3.63) is 59.7 Å². The number of hydrogen-bond acceptors (Lipinski definition) is 4. The van der Waals surface area contributed by atoms with Gasteiger partial charge in [0, 0.05) is 12.6 Å². The van der Waals surface area contributed by atoms with E-state index in [0.717, 1.165) is 11.1 Å². The highest BCUT2D eigenvalue weighted by Gasteiger charge is 2.09. The van der Waals surface area contributed by atoms with Gasteiger partial charge in [-0.2, -0.15) is 5.10 Å². The van der Waals surface area contributed by atoms with Crippen molar-refractivity contribution in [1.29, 1.82) is 0 Å². The van der Waals surface area contributed by atoms with Crippen LogP contribution >= 0.6 is 12.2 Å². The third kappa shape index (κ3) is 4.96. The Morgan fingerprint density at radius 3 is 2.65 bits per heavy atom. The van der Waals surface area contributed by atoms with Crippen molar-refractivity contribution in [3.63, 3.8) is 0 Å². The van der Waals surface area contributed by atoms with Crippen LogP contribution in [0.3, 0.4) is 0 Å². The Hall–Kier alpha value is -2.60. The van der Waals surface area contributed by atoms with Crippen LogP contribution in [0.4, 0.5) is 0 Å². The lowest BCUT2D eigenvalue weighted by atomic mass is 10.2. The number of nitrogens with one attached hydrogen (secondary N) is 2. The van der Waals surface area contributed by atoms with E-state index in [-0.39, 0.29) is 0 Å². The van der Waals surface area contributed by atoms with Crippen LogP contribution in [0.25, 0.3) is 0 Å². The summed E-state index contributed by atoms with van der Waals surface area (Å²) < 4.78 is 11.3. The Morgan fingerprint density at radius 2 is 1.96 bits per heavy atom. The molecule has 0 bridgehead atoms. The first kappa shape index (κ1) is 16.8. The summed E-state index contributed by atoms with van der Waals surface area (Å²) in [5.41, 5.74) is 4.59. The van der Waals surface area contributed by atoms with E-state index in [4.69, 9.17) is 21.7 Å². The first-order chi connectivity index (χ1) is 11.2. The quantitative estimate of drug-likeness (QED) is 0.485. The Labute approximate surface area is 141 Å². The third-order valence-electron chi connectivity index (χ3n) is 3.05. The van der Waals surface area contributed by atoms with Gasteiger partial charge in [-0.3, -0.25) is 5.43 Å². The molecule has 0 saturated carbocycles. The maximum absolute atomic E-state index is 5.94. The van der Waals surface area contributed by atoms with Crippen molar-refractivity contribution >= 4 is 23.5 Å². The first-order valence-corrected chi connectivity index (χ1v) is 7.50. The van der Waals surface area contributed by atoms with Crippen molar-refractivity contribution in [1.82, 2.24) is 10.7 Å². The number of benzene rings is 2. The van der Waals surface area contributed by atoms with Gasteiger partial charge in [0.2, 0.25) is 0 Å². The predicted molar refractivity (Wildman–Crippen MR) is 96.2 cm³/mol.